The number of rotatable bonds is 6. The topological polar surface area (TPSA) is 32.3 Å². The highest BCUT2D eigenvalue weighted by molar-refractivity contribution is 5.83. The van der Waals surface area contributed by atoms with Gasteiger partial charge in [-0.25, -0.2) is 0 Å². The lowest BCUT2D eigenvalue weighted by molar-refractivity contribution is -0.127. The summed E-state index contributed by atoms with van der Waals surface area (Å²) in [5, 5.41) is 3.28. The molecule has 1 amide bonds. The maximum Gasteiger partial charge on any atom is 0.242 e. The average molecular weight is 336 g/mol. The van der Waals surface area contributed by atoms with Gasteiger partial charge in [0.05, 0.1) is 0 Å². The molecule has 3 heteroatoms. The van der Waals surface area contributed by atoms with Crippen LogP contribution in [-0.4, -0.2) is 23.9 Å². The molecule has 25 heavy (non-hydrogen) atoms. The fourth-order valence-corrected chi connectivity index (χ4v) is 3.67. The Morgan fingerprint density at radius 1 is 1.08 bits per heavy atom. The maximum atomic E-state index is 13.1. The number of nitrogens with zero attached hydrogens (tertiary/aromatic N) is 1. The Balaban J connectivity index is 1.79. The van der Waals surface area contributed by atoms with E-state index in [1.54, 1.807) is 0 Å². The predicted molar refractivity (Wildman–Crippen MR) is 102 cm³/mol. The van der Waals surface area contributed by atoms with Crippen LogP contribution < -0.4 is 5.32 Å². The molecule has 1 N–H and O–H groups in total. The lowest BCUT2D eigenvalue weighted by atomic mass is 10.0. The van der Waals surface area contributed by atoms with E-state index >= 15 is 0 Å². The van der Waals surface area contributed by atoms with Crippen LogP contribution in [0.25, 0.3) is 0 Å². The summed E-state index contributed by atoms with van der Waals surface area (Å²) < 4.78 is 0. The zero-order valence-electron chi connectivity index (χ0n) is 15.2. The summed E-state index contributed by atoms with van der Waals surface area (Å²) in [7, 11) is 2.03. The van der Waals surface area contributed by atoms with Crippen LogP contribution in [0.5, 0.6) is 0 Å². The van der Waals surface area contributed by atoms with E-state index < -0.39 is 0 Å². The lowest BCUT2D eigenvalue weighted by Crippen LogP contribution is -2.42. The Labute approximate surface area is 151 Å². The van der Waals surface area contributed by atoms with E-state index in [2.05, 4.69) is 53.5 Å². The second kappa shape index (κ2) is 8.30. The number of hydrogen-bond donors (Lipinski definition) is 1. The van der Waals surface area contributed by atoms with Gasteiger partial charge in [-0.1, -0.05) is 73.0 Å². The van der Waals surface area contributed by atoms with Crippen molar-refractivity contribution in [1.82, 2.24) is 10.2 Å². The number of carbonyl (C=O) groups is 1. The largest absolute Gasteiger partial charge is 0.352 e. The van der Waals surface area contributed by atoms with Gasteiger partial charge >= 0.3 is 0 Å². The summed E-state index contributed by atoms with van der Waals surface area (Å²) in [5.74, 6) is 0.120. The number of likely N-dealkylation sites (N-methyl/N-ethyl adjacent to an activating group) is 1. The summed E-state index contributed by atoms with van der Waals surface area (Å²) in [6, 6.07) is 18.7. The molecule has 1 fully saturated rings. The van der Waals surface area contributed by atoms with Crippen LogP contribution in [0.4, 0.5) is 0 Å². The minimum atomic E-state index is -0.263. The summed E-state index contributed by atoms with van der Waals surface area (Å²) in [4.78, 5) is 15.2. The molecule has 0 radical (unpaired) electrons. The third kappa shape index (κ3) is 4.70. The van der Waals surface area contributed by atoms with Gasteiger partial charge < -0.3 is 5.32 Å². The van der Waals surface area contributed by atoms with E-state index in [9.17, 15) is 4.79 Å². The maximum absolute atomic E-state index is 13.1. The van der Waals surface area contributed by atoms with Crippen LogP contribution in [0.3, 0.4) is 0 Å². The van der Waals surface area contributed by atoms with E-state index in [1.807, 2.05) is 25.2 Å². The molecule has 1 aliphatic rings. The molecule has 1 unspecified atom stereocenters. The molecule has 0 aliphatic heterocycles. The standard InChI is InChI=1S/C22H28N2O/c1-17-12-14-19(15-13-17)21(22(25)23-20-10-6-7-11-20)24(2)16-18-8-4-3-5-9-18/h3-5,8-9,12-15,20-21H,6-7,10-11,16H2,1-2H3,(H,23,25). The van der Waals surface area contributed by atoms with Gasteiger partial charge in [0.1, 0.15) is 6.04 Å². The SMILES string of the molecule is Cc1ccc(C(C(=O)NC2CCCC2)N(C)Cc2ccccc2)cc1. The predicted octanol–water partition coefficient (Wildman–Crippen LogP) is 4.23. The molecule has 0 saturated heterocycles. The summed E-state index contributed by atoms with van der Waals surface area (Å²) in [5.41, 5.74) is 3.49. The minimum Gasteiger partial charge on any atom is -0.352 e. The fraction of sp³-hybridized carbons (Fsp3) is 0.409. The van der Waals surface area contributed by atoms with Gasteiger partial charge in [-0.2, -0.15) is 0 Å². The zero-order valence-corrected chi connectivity index (χ0v) is 15.2. The van der Waals surface area contributed by atoms with Gasteiger partial charge in [0, 0.05) is 12.6 Å². The molecule has 2 aromatic carbocycles. The Hall–Kier alpha value is -2.13. The molecule has 0 heterocycles. The van der Waals surface area contributed by atoms with Gasteiger partial charge in [0.15, 0.2) is 0 Å². The molecule has 2 aromatic rings. The first-order valence-electron chi connectivity index (χ1n) is 9.24. The van der Waals surface area contributed by atoms with E-state index in [0.717, 1.165) is 24.9 Å². The van der Waals surface area contributed by atoms with Crippen molar-refractivity contribution in [1.29, 1.82) is 0 Å². The average Bonchev–Trinajstić information content (AvgIpc) is 3.10. The number of amides is 1. The van der Waals surface area contributed by atoms with E-state index in [0.29, 0.717) is 6.04 Å². The molecule has 3 nitrogen and oxygen atoms in total. The highest BCUT2D eigenvalue weighted by atomic mass is 16.2. The van der Waals surface area contributed by atoms with Crippen LogP contribution in [0, 0.1) is 6.92 Å². The Morgan fingerprint density at radius 3 is 2.36 bits per heavy atom. The zero-order chi connectivity index (χ0) is 17.6. The molecule has 0 spiro atoms. The van der Waals surface area contributed by atoms with Gasteiger partial charge in [0.2, 0.25) is 5.91 Å². The van der Waals surface area contributed by atoms with Crippen molar-refractivity contribution in [2.24, 2.45) is 0 Å². The third-order valence-electron chi connectivity index (χ3n) is 5.06. The van der Waals surface area contributed by atoms with Crippen molar-refractivity contribution < 1.29 is 4.79 Å². The Morgan fingerprint density at radius 2 is 1.72 bits per heavy atom. The molecule has 132 valence electrons. The molecule has 1 saturated carbocycles. The second-order valence-corrected chi connectivity index (χ2v) is 7.20. The van der Waals surface area contributed by atoms with Crippen molar-refractivity contribution in [3.63, 3.8) is 0 Å². The van der Waals surface area contributed by atoms with Crippen LogP contribution in [0.1, 0.15) is 48.4 Å². The molecule has 1 aliphatic carbocycles. The van der Waals surface area contributed by atoms with E-state index in [1.165, 1.54) is 24.0 Å². The molecule has 0 aromatic heterocycles. The highest BCUT2D eigenvalue weighted by Gasteiger charge is 2.28. The fourth-order valence-electron chi connectivity index (χ4n) is 3.67. The second-order valence-electron chi connectivity index (χ2n) is 7.20. The van der Waals surface area contributed by atoms with Crippen molar-refractivity contribution in [2.75, 3.05) is 7.05 Å². The summed E-state index contributed by atoms with van der Waals surface area (Å²) >= 11 is 0. The van der Waals surface area contributed by atoms with Gasteiger partial charge in [0.25, 0.3) is 0 Å². The Kier molecular flexibility index (Phi) is 5.87. The first kappa shape index (κ1) is 17.7. The monoisotopic (exact) mass is 336 g/mol. The molecule has 0 bridgehead atoms. The van der Waals surface area contributed by atoms with Gasteiger partial charge in [-0.15, -0.1) is 0 Å². The molecular weight excluding hydrogens is 308 g/mol. The summed E-state index contributed by atoms with van der Waals surface area (Å²) in [6.07, 6.45) is 4.66. The number of nitrogens with one attached hydrogen (secondary N) is 1. The van der Waals surface area contributed by atoms with Crippen molar-refractivity contribution in [2.45, 2.75) is 51.2 Å². The quantitative estimate of drug-likeness (QED) is 0.856. The van der Waals surface area contributed by atoms with Gasteiger partial charge in [-0.05, 0) is 37.9 Å². The number of hydrogen-bond acceptors (Lipinski definition) is 2. The van der Waals surface area contributed by atoms with Crippen molar-refractivity contribution in [3.8, 4) is 0 Å². The summed E-state index contributed by atoms with van der Waals surface area (Å²) in [6.45, 7) is 2.82. The lowest BCUT2D eigenvalue weighted by Gasteiger charge is -2.29. The number of benzene rings is 2. The smallest absolute Gasteiger partial charge is 0.242 e. The van der Waals surface area contributed by atoms with Crippen molar-refractivity contribution in [3.05, 3.63) is 71.3 Å². The van der Waals surface area contributed by atoms with Crippen LogP contribution in [0.2, 0.25) is 0 Å². The molecular formula is C22H28N2O. The highest BCUT2D eigenvalue weighted by Crippen LogP contribution is 2.24. The van der Waals surface area contributed by atoms with Gasteiger partial charge in [-0.3, -0.25) is 9.69 Å². The van der Waals surface area contributed by atoms with Crippen molar-refractivity contribution >= 4 is 5.91 Å². The normalized spacial score (nSPS) is 16.1. The van der Waals surface area contributed by atoms with Crippen LogP contribution in [-0.2, 0) is 11.3 Å². The number of aryl methyl sites for hydroxylation is 1. The Bertz CT molecular complexity index is 675. The number of carbonyl (C=O) groups excluding carboxylic acids is 1. The third-order valence-corrected chi connectivity index (χ3v) is 5.06. The minimum absolute atomic E-state index is 0.120. The molecule has 1 atom stereocenters. The van der Waals surface area contributed by atoms with Crippen LogP contribution >= 0.6 is 0 Å². The first-order chi connectivity index (χ1) is 12.1. The van der Waals surface area contributed by atoms with E-state index in [4.69, 9.17) is 0 Å². The van der Waals surface area contributed by atoms with Crippen LogP contribution in [0.15, 0.2) is 54.6 Å². The molecule has 3 rings (SSSR count). The van der Waals surface area contributed by atoms with E-state index in [-0.39, 0.29) is 11.9 Å². The first-order valence-corrected chi connectivity index (χ1v) is 9.24.